The molecule has 3 rings (SSSR count). The Hall–Kier alpha value is -1.55. The van der Waals surface area contributed by atoms with Crippen LogP contribution in [-0.4, -0.2) is 36.2 Å². The fourth-order valence-electron chi connectivity index (χ4n) is 3.45. The van der Waals surface area contributed by atoms with Crippen LogP contribution in [0.2, 0.25) is 0 Å². The first-order chi connectivity index (χ1) is 10.6. The second kappa shape index (κ2) is 6.29. The predicted octanol–water partition coefficient (Wildman–Crippen LogP) is 3.12. The van der Waals surface area contributed by atoms with E-state index in [0.717, 1.165) is 37.4 Å². The van der Waals surface area contributed by atoms with E-state index in [2.05, 4.69) is 17.9 Å². The van der Waals surface area contributed by atoms with Crippen molar-refractivity contribution >= 4 is 5.97 Å². The van der Waals surface area contributed by atoms with Gasteiger partial charge in [-0.3, -0.25) is 9.69 Å². The summed E-state index contributed by atoms with van der Waals surface area (Å²) in [5.74, 6) is 1.29. The van der Waals surface area contributed by atoms with Crippen molar-refractivity contribution in [2.24, 2.45) is 11.8 Å². The molecule has 1 saturated carbocycles. The highest BCUT2D eigenvalue weighted by Gasteiger charge is 2.34. The number of carboxylic acid groups (broad SMARTS) is 1. The monoisotopic (exact) mass is 303 g/mol. The molecule has 120 valence electrons. The van der Waals surface area contributed by atoms with Crippen LogP contribution < -0.4 is 4.74 Å². The van der Waals surface area contributed by atoms with Gasteiger partial charge in [-0.15, -0.1) is 0 Å². The average Bonchev–Trinajstić information content (AvgIpc) is 3.20. The zero-order valence-electron chi connectivity index (χ0n) is 13.4. The Morgan fingerprint density at radius 3 is 2.73 bits per heavy atom. The van der Waals surface area contributed by atoms with Crippen molar-refractivity contribution in [2.75, 3.05) is 20.2 Å². The van der Waals surface area contributed by atoms with Crippen LogP contribution >= 0.6 is 0 Å². The van der Waals surface area contributed by atoms with Gasteiger partial charge in [-0.1, -0.05) is 19.1 Å². The zero-order chi connectivity index (χ0) is 15.7. The first-order valence-corrected chi connectivity index (χ1v) is 8.22. The number of nitrogens with zero attached hydrogens (tertiary/aromatic N) is 1. The van der Waals surface area contributed by atoms with Gasteiger partial charge in [-0.25, -0.2) is 0 Å². The van der Waals surface area contributed by atoms with Crippen LogP contribution in [0, 0.1) is 11.8 Å². The molecule has 2 atom stereocenters. The van der Waals surface area contributed by atoms with Crippen LogP contribution in [0.1, 0.15) is 43.4 Å². The van der Waals surface area contributed by atoms with E-state index in [4.69, 9.17) is 4.74 Å². The first kappa shape index (κ1) is 15.3. The van der Waals surface area contributed by atoms with Gasteiger partial charge in [-0.05, 0) is 55.7 Å². The van der Waals surface area contributed by atoms with Crippen molar-refractivity contribution in [3.63, 3.8) is 0 Å². The quantitative estimate of drug-likeness (QED) is 0.877. The largest absolute Gasteiger partial charge is 0.496 e. The number of benzene rings is 1. The second-order valence-corrected chi connectivity index (χ2v) is 6.85. The predicted molar refractivity (Wildman–Crippen MR) is 85.2 cm³/mol. The molecule has 1 heterocycles. The highest BCUT2D eigenvalue weighted by molar-refractivity contribution is 5.77. The van der Waals surface area contributed by atoms with E-state index in [9.17, 15) is 9.90 Å². The molecule has 1 aliphatic carbocycles. The number of likely N-dealkylation sites (tertiary alicyclic amines) is 1. The highest BCUT2D eigenvalue weighted by Crippen LogP contribution is 2.37. The third kappa shape index (κ3) is 3.27. The Bertz CT molecular complexity index is 553. The third-order valence-electron chi connectivity index (χ3n) is 4.87. The van der Waals surface area contributed by atoms with E-state index in [0.29, 0.717) is 11.7 Å². The summed E-state index contributed by atoms with van der Waals surface area (Å²) in [5.41, 5.74) is 2.03. The highest BCUT2D eigenvalue weighted by atomic mass is 16.5. The van der Waals surface area contributed by atoms with Gasteiger partial charge in [0.15, 0.2) is 0 Å². The number of aliphatic carboxylic acids is 1. The maximum Gasteiger partial charge on any atom is 0.325 e. The molecule has 22 heavy (non-hydrogen) atoms. The molecule has 1 aromatic carbocycles. The molecule has 4 heteroatoms. The van der Waals surface area contributed by atoms with Gasteiger partial charge < -0.3 is 9.84 Å². The number of carbonyl (C=O) groups is 1. The summed E-state index contributed by atoms with van der Waals surface area (Å²) in [4.78, 5) is 13.9. The van der Waals surface area contributed by atoms with Crippen LogP contribution in [0.15, 0.2) is 18.2 Å². The summed E-state index contributed by atoms with van der Waals surface area (Å²) in [6.45, 7) is 3.85. The van der Waals surface area contributed by atoms with Gasteiger partial charge in [0.2, 0.25) is 0 Å². The molecule has 1 N–H and O–H groups in total. The molecule has 0 spiro atoms. The second-order valence-electron chi connectivity index (χ2n) is 6.85. The molecular weight excluding hydrogens is 278 g/mol. The third-order valence-corrected chi connectivity index (χ3v) is 4.87. The average molecular weight is 303 g/mol. The number of carboxylic acids is 1. The SMILES string of the molecule is COc1cc(CC2CC2)ccc1C(C(=O)O)N1CC[C@@H](C)C1. The molecule has 0 bridgehead atoms. The van der Waals surface area contributed by atoms with Gasteiger partial charge in [0, 0.05) is 12.1 Å². The fourth-order valence-corrected chi connectivity index (χ4v) is 3.45. The van der Waals surface area contributed by atoms with Gasteiger partial charge in [-0.2, -0.15) is 0 Å². The van der Waals surface area contributed by atoms with Crippen LogP contribution in [0.3, 0.4) is 0 Å². The van der Waals surface area contributed by atoms with Crippen molar-refractivity contribution in [3.8, 4) is 5.75 Å². The van der Waals surface area contributed by atoms with Crippen LogP contribution in [0.25, 0.3) is 0 Å². The lowest BCUT2D eigenvalue weighted by Crippen LogP contribution is -2.32. The summed E-state index contributed by atoms with van der Waals surface area (Å²) in [6, 6.07) is 5.46. The standard InChI is InChI=1S/C18H25NO3/c1-12-7-8-19(11-12)17(18(20)21)15-6-5-14(9-13-3-4-13)10-16(15)22-2/h5-6,10,12-13,17H,3-4,7-9,11H2,1-2H3,(H,20,21)/t12-,17?/m1/s1. The van der Waals surface area contributed by atoms with Gasteiger partial charge in [0.25, 0.3) is 0 Å². The molecule has 1 unspecified atom stereocenters. The normalized spacial score (nSPS) is 23.5. The molecule has 2 fully saturated rings. The van der Waals surface area contributed by atoms with Crippen molar-refractivity contribution < 1.29 is 14.6 Å². The van der Waals surface area contributed by atoms with Gasteiger partial charge in [0.1, 0.15) is 11.8 Å². The Labute approximate surface area is 132 Å². The topological polar surface area (TPSA) is 49.8 Å². The van der Waals surface area contributed by atoms with Crippen LogP contribution in [0.5, 0.6) is 5.75 Å². The number of methoxy groups -OCH3 is 1. The molecule has 1 aromatic rings. The Kier molecular flexibility index (Phi) is 4.39. The Balaban J connectivity index is 1.87. The summed E-state index contributed by atoms with van der Waals surface area (Å²) in [7, 11) is 1.63. The molecular formula is C18H25NO3. The minimum absolute atomic E-state index is 0.557. The number of hydrogen-bond donors (Lipinski definition) is 1. The summed E-state index contributed by atoms with van der Waals surface area (Å²) in [6.07, 6.45) is 4.77. The summed E-state index contributed by atoms with van der Waals surface area (Å²) < 4.78 is 5.52. The van der Waals surface area contributed by atoms with E-state index >= 15 is 0 Å². The Morgan fingerprint density at radius 2 is 2.18 bits per heavy atom. The van der Waals surface area contributed by atoms with E-state index in [-0.39, 0.29) is 0 Å². The molecule has 4 nitrogen and oxygen atoms in total. The van der Waals surface area contributed by atoms with Crippen molar-refractivity contribution in [1.82, 2.24) is 4.90 Å². The number of ether oxygens (including phenoxy) is 1. The summed E-state index contributed by atoms with van der Waals surface area (Å²) >= 11 is 0. The van der Waals surface area contributed by atoms with E-state index in [1.54, 1.807) is 7.11 Å². The zero-order valence-corrected chi connectivity index (χ0v) is 13.4. The summed E-state index contributed by atoms with van der Waals surface area (Å²) in [5, 5.41) is 9.72. The smallest absolute Gasteiger partial charge is 0.325 e. The van der Waals surface area contributed by atoms with E-state index in [1.807, 2.05) is 12.1 Å². The molecule has 1 saturated heterocycles. The molecule has 2 aliphatic rings. The fraction of sp³-hybridized carbons (Fsp3) is 0.611. The maximum atomic E-state index is 11.8. The number of rotatable bonds is 6. The van der Waals surface area contributed by atoms with E-state index < -0.39 is 12.0 Å². The van der Waals surface area contributed by atoms with Crippen molar-refractivity contribution in [3.05, 3.63) is 29.3 Å². The number of hydrogen-bond acceptors (Lipinski definition) is 3. The van der Waals surface area contributed by atoms with Crippen molar-refractivity contribution in [2.45, 2.75) is 38.6 Å². The van der Waals surface area contributed by atoms with E-state index in [1.165, 1.54) is 18.4 Å². The molecule has 0 aromatic heterocycles. The van der Waals surface area contributed by atoms with Crippen molar-refractivity contribution in [1.29, 1.82) is 0 Å². The lowest BCUT2D eigenvalue weighted by molar-refractivity contribution is -0.143. The van der Waals surface area contributed by atoms with Gasteiger partial charge in [0.05, 0.1) is 7.11 Å². The maximum absolute atomic E-state index is 11.8. The lowest BCUT2D eigenvalue weighted by Gasteiger charge is -2.26. The Morgan fingerprint density at radius 1 is 1.41 bits per heavy atom. The minimum Gasteiger partial charge on any atom is -0.496 e. The lowest BCUT2D eigenvalue weighted by atomic mass is 10.00. The molecule has 1 aliphatic heterocycles. The van der Waals surface area contributed by atoms with Crippen LogP contribution in [-0.2, 0) is 11.2 Å². The van der Waals surface area contributed by atoms with Crippen LogP contribution in [0.4, 0.5) is 0 Å². The van der Waals surface area contributed by atoms with Gasteiger partial charge >= 0.3 is 5.97 Å². The minimum atomic E-state index is -0.789. The molecule has 0 radical (unpaired) electrons. The first-order valence-electron chi connectivity index (χ1n) is 8.22. The molecule has 0 amide bonds.